The van der Waals surface area contributed by atoms with Gasteiger partial charge in [0.25, 0.3) is 11.8 Å². The van der Waals surface area contributed by atoms with Crippen LogP contribution in [0.3, 0.4) is 0 Å². The summed E-state index contributed by atoms with van der Waals surface area (Å²) in [5.74, 6) is -1.44. The number of piperazine rings is 2. The molecule has 0 bridgehead atoms. The molecule has 26 nitrogen and oxygen atoms in total. The number of rotatable bonds is 24. The lowest BCUT2D eigenvalue weighted by Gasteiger charge is -2.46. The van der Waals surface area contributed by atoms with Gasteiger partial charge in [-0.2, -0.15) is 26.3 Å². The Morgan fingerprint density at radius 1 is 0.450 bits per heavy atom. The summed E-state index contributed by atoms with van der Waals surface area (Å²) in [5, 5.41) is 5.35. The van der Waals surface area contributed by atoms with Crippen molar-refractivity contribution in [3.63, 3.8) is 0 Å². The number of halogens is 8. The van der Waals surface area contributed by atoms with Crippen LogP contribution in [0, 0.1) is 0 Å². The number of benzene rings is 4. The summed E-state index contributed by atoms with van der Waals surface area (Å²) >= 11 is 12.3. The molecule has 6 N–H and O–H groups in total. The Morgan fingerprint density at radius 3 is 1.16 bits per heavy atom. The van der Waals surface area contributed by atoms with E-state index in [1.165, 1.54) is 21.9 Å². The number of esters is 2. The quantitative estimate of drug-likeness (QED) is 0.0167. The monoisotopic (exact) mass is 1720 g/mol. The minimum absolute atomic E-state index is 0.0529. The number of anilines is 4. The Kier molecular flexibility index (Phi) is 31.6. The molecule has 6 fully saturated rings. The fourth-order valence-corrected chi connectivity index (χ4v) is 18.1. The third kappa shape index (κ3) is 23.2. The van der Waals surface area contributed by atoms with Crippen LogP contribution in [0.4, 0.5) is 68.3 Å². The van der Waals surface area contributed by atoms with Gasteiger partial charge in [0.2, 0.25) is 0 Å². The van der Waals surface area contributed by atoms with Gasteiger partial charge in [-0.1, -0.05) is 99.1 Å². The van der Waals surface area contributed by atoms with E-state index in [0.717, 1.165) is 125 Å². The number of para-hydroxylation sites is 2. The Morgan fingerprint density at radius 2 is 0.800 bits per heavy atom. The first kappa shape index (κ1) is 92.2. The number of carbonyl (C=O) groups is 8. The predicted molar refractivity (Wildman–Crippen MR) is 445 cm³/mol. The Bertz CT molecular complexity index is 4210. The van der Waals surface area contributed by atoms with Crippen molar-refractivity contribution in [1.82, 2.24) is 49.0 Å². The van der Waals surface area contributed by atoms with Crippen LogP contribution in [0.15, 0.2) is 72.8 Å². The average Bonchev–Trinajstić information content (AvgIpc) is 0.928. The molecule has 4 aromatic rings. The third-order valence-corrected chi connectivity index (χ3v) is 25.9. The Labute approximate surface area is 709 Å². The van der Waals surface area contributed by atoms with Crippen LogP contribution in [-0.4, -0.2) is 275 Å². The van der Waals surface area contributed by atoms with Crippen molar-refractivity contribution in [3.8, 4) is 0 Å². The second-order valence-electron chi connectivity index (χ2n) is 33.7. The van der Waals surface area contributed by atoms with Crippen molar-refractivity contribution >= 4 is 94.0 Å². The zero-order valence-corrected chi connectivity index (χ0v) is 71.3. The first-order valence-corrected chi connectivity index (χ1v) is 43.3. The number of unbranched alkanes of at least 4 members (excludes halogenated alkanes) is 4. The molecule has 8 aliphatic heterocycles. The van der Waals surface area contributed by atoms with Gasteiger partial charge in [-0.25, -0.2) is 19.2 Å². The number of alkyl halides is 6. The van der Waals surface area contributed by atoms with Gasteiger partial charge >= 0.3 is 48.5 Å². The van der Waals surface area contributed by atoms with E-state index in [-0.39, 0.29) is 108 Å². The summed E-state index contributed by atoms with van der Waals surface area (Å²) in [6.45, 7) is 21.3. The first-order valence-electron chi connectivity index (χ1n) is 42.6. The molecular formula is C86H118Cl2F6N14O12. The summed E-state index contributed by atoms with van der Waals surface area (Å²) in [4.78, 5) is 127. The lowest BCUT2D eigenvalue weighted by Crippen LogP contribution is -2.59. The molecular weight excluding hydrogens is 1610 g/mol. The number of hydrogen-bond donors (Lipinski definition) is 4. The van der Waals surface area contributed by atoms with E-state index in [1.54, 1.807) is 19.6 Å². The van der Waals surface area contributed by atoms with Crippen LogP contribution in [0.5, 0.6) is 0 Å². The minimum atomic E-state index is -4.79. The van der Waals surface area contributed by atoms with E-state index >= 15 is 0 Å². The van der Waals surface area contributed by atoms with Crippen LogP contribution in [0.2, 0.25) is 10.0 Å². The highest BCUT2D eigenvalue weighted by Crippen LogP contribution is 2.41. The lowest BCUT2D eigenvalue weighted by molar-refractivity contribution is -0.158. The number of fused-ring (bicyclic) bond motifs is 2. The zero-order chi connectivity index (χ0) is 86.4. The van der Waals surface area contributed by atoms with Crippen molar-refractivity contribution in [2.24, 2.45) is 0 Å². The van der Waals surface area contributed by atoms with Gasteiger partial charge in [-0.15, -0.1) is 0 Å². The number of nitrogen functional groups attached to an aromatic ring is 2. The highest BCUT2D eigenvalue weighted by Gasteiger charge is 2.46. The fourth-order valence-electron chi connectivity index (χ4n) is 17.6. The summed E-state index contributed by atoms with van der Waals surface area (Å²) in [7, 11) is 0. The Hall–Kier alpha value is -8.56. The highest BCUT2D eigenvalue weighted by atomic mass is 35.5. The van der Waals surface area contributed by atoms with Gasteiger partial charge in [-0.3, -0.25) is 38.8 Å². The van der Waals surface area contributed by atoms with Crippen LogP contribution >= 0.6 is 23.2 Å². The molecule has 4 aromatic carbocycles. The van der Waals surface area contributed by atoms with Gasteiger partial charge < -0.3 is 70.4 Å². The lowest BCUT2D eigenvalue weighted by atomic mass is 9.95. The third-order valence-electron chi connectivity index (χ3n) is 25.2. The van der Waals surface area contributed by atoms with E-state index in [0.29, 0.717) is 117 Å². The number of piperidine rings is 4. The minimum Gasteiger partial charge on any atom is -0.464 e. The average molecular weight is 1720 g/mol. The van der Waals surface area contributed by atoms with Gasteiger partial charge in [0, 0.05) is 166 Å². The standard InChI is InChI=1S/C44H61ClF3N7O6.C42H57ClF3N7O6/c1-4-5-6-9-26-60-40(57)43(2,3)54-19-15-32(16-20-54)51-22-24-52(25-23-51)39(56)37(29-30-27-34(44(46,47)48)38(49)35(45)28-30)61-42(59)53-17-13-33(14-18-53)55-21-12-31-10-7-8-11-36(31)50-41(55)58;1-4-5-24-58-38(55)41(2,3)52-17-13-30(14-18-52)49-20-22-50(23-21-49)37(54)35(27-28-25-32(42(44,45)46)36(47)33(43)26-28)59-40(57)51-15-11-31(12-16-51)53-19-10-29-8-6-7-9-34(29)48-39(53)56/h7-8,10-11,27-28,32-33,37H,4-6,9,12-26,29,49H2,1-3H3,(H,50,58);6-9,25-26,30-31,35H,4-5,10-24,27,47H2,1-3H3,(H,48,56)/t37-;35-/m11/s1. The van der Waals surface area contributed by atoms with E-state index in [9.17, 15) is 64.7 Å². The van der Waals surface area contributed by atoms with Gasteiger partial charge in [0.05, 0.1) is 45.8 Å². The summed E-state index contributed by atoms with van der Waals surface area (Å²) in [5.41, 5.74) is 10.2. The smallest absolute Gasteiger partial charge is 0.418 e. The van der Waals surface area contributed by atoms with Gasteiger partial charge in [0.1, 0.15) is 11.1 Å². The second-order valence-corrected chi connectivity index (χ2v) is 34.5. The summed E-state index contributed by atoms with van der Waals surface area (Å²) in [6.07, 6.45) is -2.03. The topological polar surface area (TPSA) is 282 Å². The van der Waals surface area contributed by atoms with Crippen molar-refractivity contribution in [3.05, 3.63) is 116 Å². The van der Waals surface area contributed by atoms with Crippen molar-refractivity contribution in [1.29, 1.82) is 0 Å². The maximum atomic E-state index is 14.2. The van der Waals surface area contributed by atoms with E-state index in [1.807, 2.05) is 83.1 Å². The molecule has 8 amide bonds. The van der Waals surface area contributed by atoms with E-state index in [2.05, 4.69) is 37.2 Å². The molecule has 0 unspecified atom stereocenters. The van der Waals surface area contributed by atoms with E-state index < -0.39 is 82.1 Å². The van der Waals surface area contributed by atoms with Crippen molar-refractivity contribution < 1.29 is 83.6 Å². The molecule has 0 saturated carbocycles. The zero-order valence-electron chi connectivity index (χ0n) is 69.8. The number of urea groups is 2. The summed E-state index contributed by atoms with van der Waals surface area (Å²) < 4.78 is 107. The molecule has 0 radical (unpaired) electrons. The number of amides is 8. The molecule has 0 aromatic heterocycles. The second kappa shape index (κ2) is 41.1. The number of ether oxygens (including phenoxy) is 4. The maximum absolute atomic E-state index is 14.2. The van der Waals surface area contributed by atoms with E-state index in [4.69, 9.17) is 53.6 Å². The van der Waals surface area contributed by atoms with Gasteiger partial charge in [-0.05, 0) is 163 Å². The molecule has 2 atom stereocenters. The molecule has 120 heavy (non-hydrogen) atoms. The number of nitrogens with zero attached hydrogens (tertiary/aromatic N) is 10. The fraction of sp³-hybridized carbons (Fsp3) is 0.628. The SMILES string of the molecule is CCCCCCOC(=O)C(C)(C)N1CCC(N2CCN(C(=O)[C@@H](Cc3cc(Cl)c(N)c(C(F)(F)F)c3)OC(=O)N3CCC(N4CCc5ccccc5NC4=O)CC3)CC2)CC1.CCCCOC(=O)C(C)(C)N1CCC(N2CCN(C(=O)[C@@H](Cc3cc(Cl)c(N)c(C(F)(F)F)c3)OC(=O)N3CCC(N4CCc5ccccc5NC4=O)CC3)CC2)CC1. The highest BCUT2D eigenvalue weighted by molar-refractivity contribution is 6.33. The molecule has 34 heteroatoms. The van der Waals surface area contributed by atoms with Crippen LogP contribution in [0.1, 0.15) is 165 Å². The molecule has 8 heterocycles. The molecule has 660 valence electrons. The van der Waals surface area contributed by atoms with Crippen molar-refractivity contribution in [2.45, 2.75) is 217 Å². The molecule has 6 saturated heterocycles. The van der Waals surface area contributed by atoms with Gasteiger partial charge in [0.15, 0.2) is 12.2 Å². The van der Waals surface area contributed by atoms with Crippen LogP contribution in [-0.2, 0) is 76.2 Å². The normalized spacial score (nSPS) is 19.6. The number of hydrogen-bond acceptors (Lipinski definition) is 18. The number of nitrogens with one attached hydrogen (secondary N) is 2. The number of carbonyl (C=O) groups excluding carboxylic acids is 8. The predicted octanol–water partition coefficient (Wildman–Crippen LogP) is 13.3. The Balaban J connectivity index is 0.000000235. The number of nitrogens with two attached hydrogens (primary N) is 2. The number of likely N-dealkylation sites (tertiary alicyclic amines) is 4. The molecule has 0 spiro atoms. The molecule has 12 rings (SSSR count). The largest absolute Gasteiger partial charge is 0.464 e. The first-order chi connectivity index (χ1) is 57.1. The summed E-state index contributed by atoms with van der Waals surface area (Å²) in [6, 6.07) is 19.4. The van der Waals surface area contributed by atoms with Crippen LogP contribution in [0.25, 0.3) is 0 Å². The maximum Gasteiger partial charge on any atom is 0.418 e. The van der Waals surface area contributed by atoms with Crippen molar-refractivity contribution in [2.75, 3.05) is 153 Å². The molecule has 0 aliphatic carbocycles. The van der Waals surface area contributed by atoms with Crippen LogP contribution < -0.4 is 22.1 Å². The molecule has 8 aliphatic rings.